The molecule has 1 saturated heterocycles. The fourth-order valence-electron chi connectivity index (χ4n) is 2.83. The van der Waals surface area contributed by atoms with Gasteiger partial charge in [-0.1, -0.05) is 37.3 Å². The minimum Gasteiger partial charge on any atom is -0.480 e. The van der Waals surface area contributed by atoms with Crippen LogP contribution in [0.3, 0.4) is 0 Å². The Morgan fingerprint density at radius 2 is 2.00 bits per heavy atom. The number of likely N-dealkylation sites (tertiary alicyclic amines) is 1. The summed E-state index contributed by atoms with van der Waals surface area (Å²) in [7, 11) is 0. The molecule has 1 heterocycles. The lowest BCUT2D eigenvalue weighted by Crippen LogP contribution is -2.52. The van der Waals surface area contributed by atoms with Crippen molar-refractivity contribution >= 4 is 17.8 Å². The summed E-state index contributed by atoms with van der Waals surface area (Å²) in [6.07, 6.45) is 1.76. The van der Waals surface area contributed by atoms with Gasteiger partial charge in [0.15, 0.2) is 0 Å². The quantitative estimate of drug-likeness (QED) is 0.825. The van der Waals surface area contributed by atoms with Crippen LogP contribution >= 0.6 is 0 Å². The van der Waals surface area contributed by atoms with E-state index in [9.17, 15) is 19.5 Å². The number of aliphatic carboxylic acids is 1. The molecule has 1 aliphatic rings. The number of nitrogens with one attached hydrogen (secondary N) is 1. The second kappa shape index (κ2) is 7.76. The van der Waals surface area contributed by atoms with Crippen molar-refractivity contribution in [1.82, 2.24) is 10.2 Å². The molecule has 2 rings (SSSR count). The minimum absolute atomic E-state index is 0.217. The van der Waals surface area contributed by atoms with Gasteiger partial charge in [0.1, 0.15) is 12.1 Å². The lowest BCUT2D eigenvalue weighted by atomic mass is 10.0. The third-order valence-electron chi connectivity index (χ3n) is 4.06. The summed E-state index contributed by atoms with van der Waals surface area (Å²) < 4.78 is 0. The lowest BCUT2D eigenvalue weighted by molar-refractivity contribution is -0.149. The highest BCUT2D eigenvalue weighted by Gasteiger charge is 2.37. The molecule has 0 radical (unpaired) electrons. The van der Waals surface area contributed by atoms with Gasteiger partial charge in [0.2, 0.25) is 11.8 Å². The van der Waals surface area contributed by atoms with E-state index in [1.165, 1.54) is 4.90 Å². The highest BCUT2D eigenvalue weighted by molar-refractivity contribution is 5.91. The third-order valence-corrected chi connectivity index (χ3v) is 4.06. The Hall–Kier alpha value is -2.37. The van der Waals surface area contributed by atoms with Crippen molar-refractivity contribution in [2.75, 3.05) is 6.54 Å². The zero-order valence-corrected chi connectivity index (χ0v) is 13.2. The van der Waals surface area contributed by atoms with E-state index in [2.05, 4.69) is 5.32 Å². The molecule has 0 bridgehead atoms. The van der Waals surface area contributed by atoms with Gasteiger partial charge in [0, 0.05) is 19.4 Å². The first kappa shape index (κ1) is 17.0. The van der Waals surface area contributed by atoms with E-state index in [0.29, 0.717) is 25.8 Å². The fraction of sp³-hybridized carbons (Fsp3) is 0.471. The number of amides is 2. The number of rotatable bonds is 6. The van der Waals surface area contributed by atoms with Crippen molar-refractivity contribution in [3.63, 3.8) is 0 Å². The van der Waals surface area contributed by atoms with Gasteiger partial charge in [-0.2, -0.15) is 0 Å². The summed E-state index contributed by atoms with van der Waals surface area (Å²) in [4.78, 5) is 37.2. The van der Waals surface area contributed by atoms with Crippen LogP contribution in [0.25, 0.3) is 0 Å². The van der Waals surface area contributed by atoms with Crippen molar-refractivity contribution in [3.05, 3.63) is 35.9 Å². The monoisotopic (exact) mass is 318 g/mol. The predicted octanol–water partition coefficient (Wildman–Crippen LogP) is 1.20. The number of carboxylic acids is 1. The summed E-state index contributed by atoms with van der Waals surface area (Å²) in [5, 5.41) is 12.0. The zero-order valence-electron chi connectivity index (χ0n) is 13.2. The van der Waals surface area contributed by atoms with Gasteiger partial charge in [-0.25, -0.2) is 4.79 Å². The predicted molar refractivity (Wildman–Crippen MR) is 84.7 cm³/mol. The summed E-state index contributed by atoms with van der Waals surface area (Å²) >= 11 is 0. The molecule has 2 amide bonds. The second-order valence-electron chi connectivity index (χ2n) is 5.69. The molecule has 0 spiro atoms. The molecule has 1 aliphatic heterocycles. The van der Waals surface area contributed by atoms with E-state index < -0.39 is 18.1 Å². The maximum atomic E-state index is 12.8. The molecule has 6 nitrogen and oxygen atoms in total. The van der Waals surface area contributed by atoms with Gasteiger partial charge in [-0.3, -0.25) is 9.59 Å². The zero-order chi connectivity index (χ0) is 16.8. The fourth-order valence-corrected chi connectivity index (χ4v) is 2.83. The van der Waals surface area contributed by atoms with Crippen molar-refractivity contribution in [3.8, 4) is 0 Å². The Kier molecular flexibility index (Phi) is 5.73. The van der Waals surface area contributed by atoms with Crippen LogP contribution in [0.1, 0.15) is 31.7 Å². The number of hydrogen-bond donors (Lipinski definition) is 2. The molecular formula is C17H22N2O4. The van der Waals surface area contributed by atoms with E-state index in [-0.39, 0.29) is 18.2 Å². The molecule has 0 aromatic heterocycles. The van der Waals surface area contributed by atoms with Crippen molar-refractivity contribution in [2.45, 2.75) is 44.7 Å². The lowest BCUT2D eigenvalue weighted by Gasteiger charge is -2.27. The number of carbonyl (C=O) groups excluding carboxylic acids is 2. The molecule has 1 aromatic carbocycles. The molecule has 6 heteroatoms. The van der Waals surface area contributed by atoms with E-state index in [0.717, 1.165) is 5.56 Å². The van der Waals surface area contributed by atoms with Gasteiger partial charge in [0.05, 0.1) is 0 Å². The number of nitrogens with zero attached hydrogens (tertiary/aromatic N) is 1. The Labute approximate surface area is 135 Å². The topological polar surface area (TPSA) is 86.7 Å². The van der Waals surface area contributed by atoms with E-state index in [4.69, 9.17) is 0 Å². The average molecular weight is 318 g/mol. The van der Waals surface area contributed by atoms with Crippen LogP contribution in [-0.2, 0) is 20.8 Å². The number of carbonyl (C=O) groups is 3. The molecule has 0 unspecified atom stereocenters. The van der Waals surface area contributed by atoms with E-state index in [1.54, 1.807) is 6.92 Å². The molecular weight excluding hydrogens is 296 g/mol. The Balaban J connectivity index is 2.16. The largest absolute Gasteiger partial charge is 0.480 e. The summed E-state index contributed by atoms with van der Waals surface area (Å²) in [6.45, 7) is 2.14. The van der Waals surface area contributed by atoms with E-state index in [1.807, 2.05) is 30.3 Å². The first-order valence-electron chi connectivity index (χ1n) is 7.89. The van der Waals surface area contributed by atoms with Crippen LogP contribution in [-0.4, -0.2) is 46.4 Å². The Morgan fingerprint density at radius 3 is 2.61 bits per heavy atom. The molecule has 1 fully saturated rings. The standard InChI is InChI=1S/C17H22N2O4/c1-2-15(20)18-13(11-12-7-4-3-5-8-12)16(21)19-10-6-9-14(19)17(22)23/h3-5,7-8,13-14H,2,6,9-11H2,1H3,(H,18,20)(H,22,23)/t13-,14-/m0/s1. The van der Waals surface area contributed by atoms with Crippen LogP contribution in [0.15, 0.2) is 30.3 Å². The second-order valence-corrected chi connectivity index (χ2v) is 5.69. The molecule has 0 aliphatic carbocycles. The third kappa shape index (κ3) is 4.31. The first-order chi connectivity index (χ1) is 11.0. The Morgan fingerprint density at radius 1 is 1.30 bits per heavy atom. The maximum Gasteiger partial charge on any atom is 0.326 e. The van der Waals surface area contributed by atoms with Crippen LogP contribution in [0.2, 0.25) is 0 Å². The van der Waals surface area contributed by atoms with E-state index >= 15 is 0 Å². The summed E-state index contributed by atoms with van der Waals surface area (Å²) in [5.41, 5.74) is 0.924. The van der Waals surface area contributed by atoms with Crippen LogP contribution in [0, 0.1) is 0 Å². The molecule has 2 N–H and O–H groups in total. The number of benzene rings is 1. The smallest absolute Gasteiger partial charge is 0.326 e. The highest BCUT2D eigenvalue weighted by Crippen LogP contribution is 2.19. The first-order valence-corrected chi connectivity index (χ1v) is 7.89. The van der Waals surface area contributed by atoms with Crippen molar-refractivity contribution in [1.29, 1.82) is 0 Å². The van der Waals surface area contributed by atoms with Gasteiger partial charge >= 0.3 is 5.97 Å². The van der Waals surface area contributed by atoms with Gasteiger partial charge < -0.3 is 15.3 Å². The van der Waals surface area contributed by atoms with Crippen LogP contribution in [0.4, 0.5) is 0 Å². The molecule has 1 aromatic rings. The Bertz CT molecular complexity index is 573. The van der Waals surface area contributed by atoms with Crippen LogP contribution in [0.5, 0.6) is 0 Å². The maximum absolute atomic E-state index is 12.8. The molecule has 23 heavy (non-hydrogen) atoms. The van der Waals surface area contributed by atoms with Crippen LogP contribution < -0.4 is 5.32 Å². The normalized spacial score (nSPS) is 18.5. The van der Waals surface area contributed by atoms with Gasteiger partial charge in [0.25, 0.3) is 0 Å². The van der Waals surface area contributed by atoms with Gasteiger partial charge in [-0.15, -0.1) is 0 Å². The highest BCUT2D eigenvalue weighted by atomic mass is 16.4. The number of hydrogen-bond acceptors (Lipinski definition) is 3. The summed E-state index contributed by atoms with van der Waals surface area (Å²) in [6, 6.07) is 7.87. The summed E-state index contributed by atoms with van der Waals surface area (Å²) in [5.74, 6) is -1.53. The van der Waals surface area contributed by atoms with Gasteiger partial charge in [-0.05, 0) is 18.4 Å². The molecule has 124 valence electrons. The molecule has 2 atom stereocenters. The SMILES string of the molecule is CCC(=O)N[C@@H](Cc1ccccc1)C(=O)N1CCC[C@H]1C(=O)O. The van der Waals surface area contributed by atoms with Crippen molar-refractivity contribution < 1.29 is 19.5 Å². The average Bonchev–Trinajstić information content (AvgIpc) is 3.04. The number of carboxylic acid groups (broad SMARTS) is 1. The minimum atomic E-state index is -0.990. The van der Waals surface area contributed by atoms with Crippen molar-refractivity contribution in [2.24, 2.45) is 0 Å². The molecule has 0 saturated carbocycles.